The Bertz CT molecular complexity index is 152. The van der Waals surface area contributed by atoms with E-state index >= 15 is 0 Å². The lowest BCUT2D eigenvalue weighted by Gasteiger charge is -2.20. The van der Waals surface area contributed by atoms with Crippen LogP contribution in [0.1, 0.15) is 0 Å². The summed E-state index contributed by atoms with van der Waals surface area (Å²) in [5.74, 6) is 3.04. The number of likely N-dealkylation sites (N-methyl/N-ethyl adjacent to an activating group) is 1. The summed E-state index contributed by atoms with van der Waals surface area (Å²) in [6.45, 7) is 2.05. The SMILES string of the molecule is C#C[C@@H]1C=CCN(C)C1. The minimum Gasteiger partial charge on any atom is -0.301 e. The lowest BCUT2D eigenvalue weighted by molar-refractivity contribution is 0.340. The quantitative estimate of drug-likeness (QED) is 0.337. The molecule has 0 saturated heterocycles. The highest BCUT2D eigenvalue weighted by atomic mass is 15.1. The van der Waals surface area contributed by atoms with Crippen LogP contribution in [0.4, 0.5) is 0 Å². The van der Waals surface area contributed by atoms with Crippen molar-refractivity contribution in [2.75, 3.05) is 20.1 Å². The molecule has 0 N–H and O–H groups in total. The van der Waals surface area contributed by atoms with Gasteiger partial charge in [0, 0.05) is 13.1 Å². The average molecular weight is 121 g/mol. The van der Waals surface area contributed by atoms with E-state index in [1.54, 1.807) is 0 Å². The largest absolute Gasteiger partial charge is 0.301 e. The van der Waals surface area contributed by atoms with E-state index in [0.717, 1.165) is 13.1 Å². The maximum Gasteiger partial charge on any atom is 0.0507 e. The van der Waals surface area contributed by atoms with Gasteiger partial charge in [0.1, 0.15) is 0 Å². The molecule has 9 heavy (non-hydrogen) atoms. The smallest absolute Gasteiger partial charge is 0.0507 e. The van der Waals surface area contributed by atoms with Crippen LogP contribution in [0.2, 0.25) is 0 Å². The van der Waals surface area contributed by atoms with Crippen molar-refractivity contribution in [3.05, 3.63) is 12.2 Å². The van der Waals surface area contributed by atoms with Gasteiger partial charge in [-0.1, -0.05) is 18.1 Å². The van der Waals surface area contributed by atoms with Gasteiger partial charge >= 0.3 is 0 Å². The zero-order valence-corrected chi connectivity index (χ0v) is 5.67. The lowest BCUT2D eigenvalue weighted by Crippen LogP contribution is -2.27. The Balaban J connectivity index is 2.52. The fourth-order valence-electron chi connectivity index (χ4n) is 0.985. The summed E-state index contributed by atoms with van der Waals surface area (Å²) in [4.78, 5) is 2.21. The summed E-state index contributed by atoms with van der Waals surface area (Å²) in [6, 6.07) is 0. The molecule has 48 valence electrons. The molecule has 0 aromatic heterocycles. The second-order valence-electron chi connectivity index (χ2n) is 2.42. The van der Waals surface area contributed by atoms with Gasteiger partial charge in [-0.25, -0.2) is 0 Å². The third-order valence-electron chi connectivity index (χ3n) is 1.51. The standard InChI is InChI=1S/C8H11N/c1-3-8-5-4-6-9(2)7-8/h1,4-5,8H,6-7H2,2H3/t8-/m1/s1. The number of terminal acetylenes is 1. The molecular formula is C8H11N. The summed E-state index contributed by atoms with van der Waals surface area (Å²) in [5.41, 5.74) is 0. The fourth-order valence-corrected chi connectivity index (χ4v) is 0.985. The average Bonchev–Trinajstić information content (AvgIpc) is 1.88. The van der Waals surface area contributed by atoms with Gasteiger partial charge in [-0.2, -0.15) is 0 Å². The van der Waals surface area contributed by atoms with Crippen LogP contribution in [0.15, 0.2) is 12.2 Å². The van der Waals surface area contributed by atoms with Gasteiger partial charge in [-0.05, 0) is 7.05 Å². The molecule has 1 atom stereocenters. The zero-order valence-electron chi connectivity index (χ0n) is 5.67. The van der Waals surface area contributed by atoms with Crippen LogP contribution in [0.25, 0.3) is 0 Å². The first-order valence-corrected chi connectivity index (χ1v) is 3.14. The minimum atomic E-state index is 0.337. The second kappa shape index (κ2) is 2.70. The van der Waals surface area contributed by atoms with E-state index in [2.05, 4.69) is 30.0 Å². The molecule has 1 nitrogen and oxygen atoms in total. The van der Waals surface area contributed by atoms with Crippen molar-refractivity contribution in [2.45, 2.75) is 0 Å². The van der Waals surface area contributed by atoms with Crippen molar-refractivity contribution in [2.24, 2.45) is 5.92 Å². The molecule has 1 heteroatoms. The normalized spacial score (nSPS) is 27.8. The number of rotatable bonds is 0. The third-order valence-corrected chi connectivity index (χ3v) is 1.51. The van der Waals surface area contributed by atoms with Crippen LogP contribution < -0.4 is 0 Å². The van der Waals surface area contributed by atoms with E-state index in [1.165, 1.54) is 0 Å². The molecule has 1 aliphatic heterocycles. The van der Waals surface area contributed by atoms with Gasteiger partial charge < -0.3 is 4.90 Å². The predicted molar refractivity (Wildman–Crippen MR) is 39.0 cm³/mol. The first kappa shape index (κ1) is 6.38. The number of hydrogen-bond acceptors (Lipinski definition) is 1. The second-order valence-corrected chi connectivity index (χ2v) is 2.42. The maximum atomic E-state index is 5.24. The van der Waals surface area contributed by atoms with E-state index in [0.29, 0.717) is 5.92 Å². The van der Waals surface area contributed by atoms with Gasteiger partial charge in [0.15, 0.2) is 0 Å². The van der Waals surface area contributed by atoms with E-state index in [9.17, 15) is 0 Å². The highest BCUT2D eigenvalue weighted by Gasteiger charge is 2.07. The van der Waals surface area contributed by atoms with Crippen molar-refractivity contribution >= 4 is 0 Å². The number of nitrogens with zero attached hydrogens (tertiary/aromatic N) is 1. The van der Waals surface area contributed by atoms with Crippen LogP contribution in [-0.2, 0) is 0 Å². The van der Waals surface area contributed by atoms with Gasteiger partial charge in [0.25, 0.3) is 0 Å². The molecule has 0 radical (unpaired) electrons. The van der Waals surface area contributed by atoms with E-state index in [1.807, 2.05) is 0 Å². The monoisotopic (exact) mass is 121 g/mol. The summed E-state index contributed by atoms with van der Waals surface area (Å²) in [5, 5.41) is 0. The number of hydrogen-bond donors (Lipinski definition) is 0. The van der Waals surface area contributed by atoms with Crippen molar-refractivity contribution in [3.63, 3.8) is 0 Å². The van der Waals surface area contributed by atoms with Crippen molar-refractivity contribution < 1.29 is 0 Å². The van der Waals surface area contributed by atoms with Crippen LogP contribution in [0, 0.1) is 18.3 Å². The van der Waals surface area contributed by atoms with Crippen molar-refractivity contribution in [1.29, 1.82) is 0 Å². The van der Waals surface area contributed by atoms with Gasteiger partial charge in [-0.3, -0.25) is 0 Å². The maximum absolute atomic E-state index is 5.24. The molecule has 0 saturated carbocycles. The Hall–Kier alpha value is -0.740. The molecule has 1 aliphatic rings. The Kier molecular flexibility index (Phi) is 1.92. The van der Waals surface area contributed by atoms with Gasteiger partial charge in [-0.15, -0.1) is 6.42 Å². The molecule has 0 fully saturated rings. The van der Waals surface area contributed by atoms with Crippen molar-refractivity contribution in [3.8, 4) is 12.3 Å². The van der Waals surface area contributed by atoms with Gasteiger partial charge in [0.2, 0.25) is 0 Å². The Labute approximate surface area is 56.4 Å². The molecule has 0 aromatic rings. The van der Waals surface area contributed by atoms with Gasteiger partial charge in [0.05, 0.1) is 5.92 Å². The van der Waals surface area contributed by atoms with Crippen LogP contribution in [0.5, 0.6) is 0 Å². The molecule has 0 aromatic carbocycles. The topological polar surface area (TPSA) is 3.24 Å². The molecule has 0 amide bonds. The summed E-state index contributed by atoms with van der Waals surface area (Å²) in [6.07, 6.45) is 9.45. The Morgan fingerprint density at radius 3 is 3.00 bits per heavy atom. The van der Waals surface area contributed by atoms with Crippen LogP contribution in [-0.4, -0.2) is 25.0 Å². The molecule has 0 spiro atoms. The summed E-state index contributed by atoms with van der Waals surface area (Å²) in [7, 11) is 2.08. The zero-order chi connectivity index (χ0) is 6.69. The highest BCUT2D eigenvalue weighted by Crippen LogP contribution is 2.04. The van der Waals surface area contributed by atoms with Crippen LogP contribution in [0.3, 0.4) is 0 Å². The Morgan fingerprint density at radius 2 is 2.56 bits per heavy atom. The molecule has 0 bridgehead atoms. The third kappa shape index (κ3) is 1.58. The first-order chi connectivity index (χ1) is 4.33. The minimum absolute atomic E-state index is 0.337. The molecular weight excluding hydrogens is 110 g/mol. The van der Waals surface area contributed by atoms with E-state index < -0.39 is 0 Å². The Morgan fingerprint density at radius 1 is 1.78 bits per heavy atom. The summed E-state index contributed by atoms with van der Waals surface area (Å²) >= 11 is 0. The fraction of sp³-hybridized carbons (Fsp3) is 0.500. The van der Waals surface area contributed by atoms with E-state index in [4.69, 9.17) is 6.42 Å². The lowest BCUT2D eigenvalue weighted by atomic mass is 10.1. The highest BCUT2D eigenvalue weighted by molar-refractivity contribution is 5.09. The van der Waals surface area contributed by atoms with Crippen LogP contribution >= 0.6 is 0 Å². The van der Waals surface area contributed by atoms with Crippen molar-refractivity contribution in [1.82, 2.24) is 4.90 Å². The predicted octanol–water partition coefficient (Wildman–Crippen LogP) is 0.737. The molecule has 0 unspecified atom stereocenters. The molecule has 1 rings (SSSR count). The molecule has 1 heterocycles. The summed E-state index contributed by atoms with van der Waals surface area (Å²) < 4.78 is 0. The van der Waals surface area contributed by atoms with E-state index in [-0.39, 0.29) is 0 Å². The first-order valence-electron chi connectivity index (χ1n) is 3.14. The molecule has 0 aliphatic carbocycles.